The van der Waals surface area contributed by atoms with E-state index in [0.29, 0.717) is 18.6 Å². The molecule has 0 spiro atoms. The van der Waals surface area contributed by atoms with Crippen LogP contribution >= 0.6 is 0 Å². The van der Waals surface area contributed by atoms with Gasteiger partial charge in [0.15, 0.2) is 5.79 Å². The van der Waals surface area contributed by atoms with Gasteiger partial charge in [0.1, 0.15) is 6.61 Å². The topological polar surface area (TPSA) is 27.7 Å². The maximum absolute atomic E-state index is 5.62. The van der Waals surface area contributed by atoms with Gasteiger partial charge in [-0.05, 0) is 12.8 Å². The minimum absolute atomic E-state index is 0.380. The Labute approximate surface area is 73.0 Å². The second kappa shape index (κ2) is 2.98. The van der Waals surface area contributed by atoms with E-state index in [2.05, 4.69) is 0 Å². The van der Waals surface area contributed by atoms with Gasteiger partial charge in [0.25, 0.3) is 0 Å². The Bertz CT molecular complexity index is 165. The van der Waals surface area contributed by atoms with Gasteiger partial charge in [-0.15, -0.1) is 0 Å². The van der Waals surface area contributed by atoms with E-state index in [1.54, 1.807) is 14.2 Å². The van der Waals surface area contributed by atoms with E-state index in [1.165, 1.54) is 19.3 Å². The first kappa shape index (κ1) is 8.48. The molecular formula is C9H16O3. The van der Waals surface area contributed by atoms with Crippen molar-refractivity contribution in [2.45, 2.75) is 31.2 Å². The summed E-state index contributed by atoms with van der Waals surface area (Å²) < 4.78 is 16.5. The number of hydrogen-bond donors (Lipinski definition) is 0. The zero-order valence-electron chi connectivity index (χ0n) is 7.71. The Balaban J connectivity index is 2.15. The molecule has 1 heterocycles. The summed E-state index contributed by atoms with van der Waals surface area (Å²) >= 11 is 0. The van der Waals surface area contributed by atoms with Crippen LogP contribution in [0.3, 0.4) is 0 Å². The second-order valence-corrected chi connectivity index (χ2v) is 3.61. The highest BCUT2D eigenvalue weighted by molar-refractivity contribution is 4.95. The lowest BCUT2D eigenvalue weighted by molar-refractivity contribution is -0.225. The lowest BCUT2D eigenvalue weighted by Crippen LogP contribution is -2.41. The average molecular weight is 172 g/mol. The fourth-order valence-electron chi connectivity index (χ4n) is 2.46. The summed E-state index contributed by atoms with van der Waals surface area (Å²) in [6.45, 7) is 0.593. The highest BCUT2D eigenvalue weighted by atomic mass is 16.7. The predicted molar refractivity (Wildman–Crippen MR) is 43.8 cm³/mol. The lowest BCUT2D eigenvalue weighted by atomic mass is 9.98. The van der Waals surface area contributed by atoms with Crippen LogP contribution in [0.5, 0.6) is 0 Å². The molecule has 1 aliphatic carbocycles. The van der Waals surface area contributed by atoms with Gasteiger partial charge >= 0.3 is 0 Å². The summed E-state index contributed by atoms with van der Waals surface area (Å²) in [5.41, 5.74) is 0. The molecule has 2 rings (SSSR count). The lowest BCUT2D eigenvalue weighted by Gasteiger charge is -2.29. The molecule has 0 amide bonds. The first-order valence-electron chi connectivity index (χ1n) is 4.54. The van der Waals surface area contributed by atoms with Crippen molar-refractivity contribution in [3.63, 3.8) is 0 Å². The smallest absolute Gasteiger partial charge is 0.196 e. The largest absolute Gasteiger partial charge is 0.372 e. The molecule has 0 aromatic heterocycles. The van der Waals surface area contributed by atoms with Crippen molar-refractivity contribution < 1.29 is 14.2 Å². The molecule has 2 aliphatic rings. The maximum atomic E-state index is 5.62. The number of ether oxygens (including phenoxy) is 3. The van der Waals surface area contributed by atoms with Crippen LogP contribution in [0.25, 0.3) is 0 Å². The minimum Gasteiger partial charge on any atom is -0.372 e. The molecule has 12 heavy (non-hydrogen) atoms. The van der Waals surface area contributed by atoms with Crippen molar-refractivity contribution in [2.24, 2.45) is 5.92 Å². The van der Waals surface area contributed by atoms with Crippen molar-refractivity contribution in [3.8, 4) is 0 Å². The summed E-state index contributed by atoms with van der Waals surface area (Å²) in [6, 6.07) is 0. The van der Waals surface area contributed by atoms with Gasteiger partial charge in [-0.2, -0.15) is 0 Å². The van der Waals surface area contributed by atoms with Gasteiger partial charge in [-0.3, -0.25) is 0 Å². The third-order valence-electron chi connectivity index (χ3n) is 3.21. The highest BCUT2D eigenvalue weighted by Crippen LogP contribution is 2.44. The first-order valence-corrected chi connectivity index (χ1v) is 4.54. The van der Waals surface area contributed by atoms with E-state index in [4.69, 9.17) is 14.2 Å². The van der Waals surface area contributed by atoms with E-state index in [-0.39, 0.29) is 0 Å². The summed E-state index contributed by atoms with van der Waals surface area (Å²) in [5.74, 6) is 0.00810. The molecule has 0 N–H and O–H groups in total. The normalized spacial score (nSPS) is 38.5. The fourth-order valence-corrected chi connectivity index (χ4v) is 2.46. The van der Waals surface area contributed by atoms with Crippen molar-refractivity contribution in [1.82, 2.24) is 0 Å². The minimum atomic E-state index is -0.443. The molecule has 3 nitrogen and oxygen atoms in total. The summed E-state index contributed by atoms with van der Waals surface area (Å²) in [7, 11) is 3.40. The van der Waals surface area contributed by atoms with Crippen LogP contribution in [0.1, 0.15) is 19.3 Å². The SMILES string of the molecule is COC1(OC)CO[C@@H]2CCC[C@@H]21. The molecule has 2 fully saturated rings. The standard InChI is InChI=1S/C9H16O3/c1-10-9(11-2)6-12-8-5-3-4-7(8)9/h7-8H,3-6H2,1-2H3/t7-,8+/m0/s1. The molecule has 70 valence electrons. The van der Waals surface area contributed by atoms with Crippen LogP contribution in [0.4, 0.5) is 0 Å². The van der Waals surface area contributed by atoms with Gasteiger partial charge in [-0.1, -0.05) is 6.42 Å². The average Bonchev–Trinajstić information content (AvgIpc) is 2.64. The molecule has 1 aliphatic heterocycles. The van der Waals surface area contributed by atoms with E-state index < -0.39 is 5.79 Å². The Morgan fingerprint density at radius 3 is 2.67 bits per heavy atom. The van der Waals surface area contributed by atoms with E-state index in [1.807, 2.05) is 0 Å². The zero-order valence-corrected chi connectivity index (χ0v) is 7.71. The van der Waals surface area contributed by atoms with Gasteiger partial charge < -0.3 is 14.2 Å². The monoisotopic (exact) mass is 172 g/mol. The van der Waals surface area contributed by atoms with Crippen LogP contribution in [-0.2, 0) is 14.2 Å². The summed E-state index contributed by atoms with van der Waals surface area (Å²) in [6.07, 6.45) is 3.96. The third kappa shape index (κ3) is 1.00. The Morgan fingerprint density at radius 1 is 1.25 bits per heavy atom. The van der Waals surface area contributed by atoms with Gasteiger partial charge in [0.2, 0.25) is 0 Å². The van der Waals surface area contributed by atoms with Crippen molar-refractivity contribution in [3.05, 3.63) is 0 Å². The number of methoxy groups -OCH3 is 2. The summed E-state index contributed by atoms with van der Waals surface area (Å²) in [4.78, 5) is 0. The van der Waals surface area contributed by atoms with E-state index >= 15 is 0 Å². The third-order valence-corrected chi connectivity index (χ3v) is 3.21. The Kier molecular flexibility index (Phi) is 2.10. The van der Waals surface area contributed by atoms with Crippen LogP contribution in [0, 0.1) is 5.92 Å². The zero-order chi connectivity index (χ0) is 8.60. The molecule has 0 aromatic rings. The van der Waals surface area contributed by atoms with Crippen LogP contribution in [0.2, 0.25) is 0 Å². The molecule has 1 saturated carbocycles. The maximum Gasteiger partial charge on any atom is 0.196 e. The molecule has 3 heteroatoms. The van der Waals surface area contributed by atoms with Crippen molar-refractivity contribution in [1.29, 1.82) is 0 Å². The highest BCUT2D eigenvalue weighted by Gasteiger charge is 2.52. The Morgan fingerprint density at radius 2 is 2.00 bits per heavy atom. The molecule has 0 aromatic carbocycles. The Hall–Kier alpha value is -0.120. The van der Waals surface area contributed by atoms with Crippen molar-refractivity contribution >= 4 is 0 Å². The van der Waals surface area contributed by atoms with Crippen LogP contribution < -0.4 is 0 Å². The fraction of sp³-hybridized carbons (Fsp3) is 1.00. The molecule has 1 saturated heterocycles. The van der Waals surface area contributed by atoms with Crippen LogP contribution in [0.15, 0.2) is 0 Å². The van der Waals surface area contributed by atoms with Crippen molar-refractivity contribution in [2.75, 3.05) is 20.8 Å². The molecule has 0 radical (unpaired) electrons. The summed E-state index contributed by atoms with van der Waals surface area (Å²) in [5, 5.41) is 0. The molecule has 2 atom stereocenters. The molecule has 0 unspecified atom stereocenters. The van der Waals surface area contributed by atoms with Gasteiger partial charge in [0, 0.05) is 20.1 Å². The van der Waals surface area contributed by atoms with E-state index in [0.717, 1.165) is 0 Å². The van der Waals surface area contributed by atoms with Gasteiger partial charge in [0.05, 0.1) is 6.10 Å². The number of hydrogen-bond acceptors (Lipinski definition) is 3. The van der Waals surface area contributed by atoms with Gasteiger partial charge in [-0.25, -0.2) is 0 Å². The quantitative estimate of drug-likeness (QED) is 0.585. The van der Waals surface area contributed by atoms with E-state index in [9.17, 15) is 0 Å². The molecular weight excluding hydrogens is 156 g/mol. The number of rotatable bonds is 2. The molecule has 0 bridgehead atoms. The second-order valence-electron chi connectivity index (χ2n) is 3.61. The predicted octanol–water partition coefficient (Wildman–Crippen LogP) is 1.17. The van der Waals surface area contributed by atoms with Crippen LogP contribution in [-0.4, -0.2) is 32.7 Å². The number of fused-ring (bicyclic) bond motifs is 1. The first-order chi connectivity index (χ1) is 5.82.